The van der Waals surface area contributed by atoms with E-state index < -0.39 is 0 Å². The molecule has 5 heteroatoms. The standard InChI is InChI=1S/C20H20N4S/c1-15-21-17(14-25-15)12-23(2)13-18-20(16-8-4-3-5-9-16)22-19-10-6-7-11-24(18)19/h3-11,14H,12-13H2,1-2H3. The lowest BCUT2D eigenvalue weighted by Crippen LogP contribution is -2.19. The molecule has 126 valence electrons. The summed E-state index contributed by atoms with van der Waals surface area (Å²) < 4.78 is 2.19. The van der Waals surface area contributed by atoms with Crippen LogP contribution in [-0.2, 0) is 13.1 Å². The highest BCUT2D eigenvalue weighted by atomic mass is 32.1. The Morgan fingerprint density at radius 3 is 2.56 bits per heavy atom. The molecular formula is C20H20N4S. The molecule has 0 amide bonds. The lowest BCUT2D eigenvalue weighted by atomic mass is 10.1. The van der Waals surface area contributed by atoms with E-state index in [0.717, 1.165) is 40.7 Å². The monoisotopic (exact) mass is 348 g/mol. The molecule has 4 aromatic rings. The molecule has 0 aliphatic rings. The largest absolute Gasteiger partial charge is 0.302 e. The molecule has 0 aliphatic heterocycles. The van der Waals surface area contributed by atoms with Gasteiger partial charge in [0.05, 0.1) is 22.1 Å². The fraction of sp³-hybridized carbons (Fsp3) is 0.200. The zero-order valence-corrected chi connectivity index (χ0v) is 15.2. The Balaban J connectivity index is 1.70. The Bertz CT molecular complexity index is 987. The molecule has 0 bridgehead atoms. The minimum Gasteiger partial charge on any atom is -0.302 e. The van der Waals surface area contributed by atoms with Crippen molar-refractivity contribution in [2.75, 3.05) is 7.05 Å². The number of hydrogen-bond acceptors (Lipinski definition) is 4. The highest BCUT2D eigenvalue weighted by Crippen LogP contribution is 2.25. The van der Waals surface area contributed by atoms with Crippen molar-refractivity contribution in [2.45, 2.75) is 20.0 Å². The number of aromatic nitrogens is 3. The summed E-state index contributed by atoms with van der Waals surface area (Å²) >= 11 is 1.70. The van der Waals surface area contributed by atoms with E-state index in [1.807, 2.05) is 19.1 Å². The van der Waals surface area contributed by atoms with E-state index in [0.29, 0.717) is 0 Å². The van der Waals surface area contributed by atoms with Crippen molar-refractivity contribution in [1.82, 2.24) is 19.3 Å². The van der Waals surface area contributed by atoms with Gasteiger partial charge < -0.3 is 4.40 Å². The van der Waals surface area contributed by atoms with Crippen LogP contribution in [0.3, 0.4) is 0 Å². The third kappa shape index (κ3) is 3.34. The maximum absolute atomic E-state index is 4.87. The molecule has 0 fully saturated rings. The summed E-state index contributed by atoms with van der Waals surface area (Å²) in [6.45, 7) is 3.69. The molecule has 4 rings (SSSR count). The van der Waals surface area contributed by atoms with Gasteiger partial charge in [0.1, 0.15) is 5.65 Å². The summed E-state index contributed by atoms with van der Waals surface area (Å²) in [5.74, 6) is 0. The molecule has 0 atom stereocenters. The van der Waals surface area contributed by atoms with Crippen LogP contribution in [0.4, 0.5) is 0 Å². The normalized spacial score (nSPS) is 11.5. The zero-order chi connectivity index (χ0) is 17.2. The first-order chi connectivity index (χ1) is 12.2. The van der Waals surface area contributed by atoms with Crippen LogP contribution in [0.1, 0.15) is 16.4 Å². The average Bonchev–Trinajstić information content (AvgIpc) is 3.19. The molecule has 4 nitrogen and oxygen atoms in total. The van der Waals surface area contributed by atoms with E-state index in [9.17, 15) is 0 Å². The van der Waals surface area contributed by atoms with Gasteiger partial charge in [-0.05, 0) is 26.1 Å². The molecule has 1 aromatic carbocycles. The second-order valence-electron chi connectivity index (χ2n) is 6.23. The molecule has 0 saturated heterocycles. The van der Waals surface area contributed by atoms with Gasteiger partial charge in [-0.1, -0.05) is 36.4 Å². The van der Waals surface area contributed by atoms with Crippen molar-refractivity contribution < 1.29 is 0 Å². The van der Waals surface area contributed by atoms with Gasteiger partial charge in [-0.3, -0.25) is 4.90 Å². The molecule has 0 spiro atoms. The van der Waals surface area contributed by atoms with Crippen LogP contribution in [-0.4, -0.2) is 26.3 Å². The first kappa shape index (κ1) is 16.0. The lowest BCUT2D eigenvalue weighted by Gasteiger charge is -2.16. The predicted octanol–water partition coefficient (Wildman–Crippen LogP) is 4.40. The second kappa shape index (κ2) is 6.78. The maximum Gasteiger partial charge on any atom is 0.137 e. The molecule has 25 heavy (non-hydrogen) atoms. The Hall–Kier alpha value is -2.50. The van der Waals surface area contributed by atoms with Gasteiger partial charge in [0, 0.05) is 30.2 Å². The number of aryl methyl sites for hydroxylation is 1. The summed E-state index contributed by atoms with van der Waals surface area (Å²) in [5.41, 5.74) is 5.51. The van der Waals surface area contributed by atoms with Crippen molar-refractivity contribution in [2.24, 2.45) is 0 Å². The van der Waals surface area contributed by atoms with E-state index in [-0.39, 0.29) is 0 Å². The topological polar surface area (TPSA) is 33.4 Å². The van der Waals surface area contributed by atoms with Gasteiger partial charge in [0.2, 0.25) is 0 Å². The number of rotatable bonds is 5. The summed E-state index contributed by atoms with van der Waals surface area (Å²) in [6.07, 6.45) is 2.09. The highest BCUT2D eigenvalue weighted by molar-refractivity contribution is 7.09. The molecule has 0 unspecified atom stereocenters. The van der Waals surface area contributed by atoms with Crippen LogP contribution in [0.15, 0.2) is 60.1 Å². The van der Waals surface area contributed by atoms with Crippen LogP contribution >= 0.6 is 11.3 Å². The number of benzene rings is 1. The second-order valence-corrected chi connectivity index (χ2v) is 7.29. The van der Waals surface area contributed by atoms with E-state index in [2.05, 4.69) is 69.3 Å². The van der Waals surface area contributed by atoms with Gasteiger partial charge in [-0.15, -0.1) is 11.3 Å². The Morgan fingerprint density at radius 2 is 1.80 bits per heavy atom. The molecule has 0 aliphatic carbocycles. The van der Waals surface area contributed by atoms with Crippen LogP contribution in [0, 0.1) is 6.92 Å². The molecular weight excluding hydrogens is 328 g/mol. The number of pyridine rings is 1. The van der Waals surface area contributed by atoms with Crippen molar-refractivity contribution in [3.8, 4) is 11.3 Å². The van der Waals surface area contributed by atoms with Crippen molar-refractivity contribution in [3.63, 3.8) is 0 Å². The van der Waals surface area contributed by atoms with E-state index in [1.165, 1.54) is 5.69 Å². The molecule has 0 radical (unpaired) electrons. The summed E-state index contributed by atoms with van der Waals surface area (Å²) in [7, 11) is 2.13. The lowest BCUT2D eigenvalue weighted by molar-refractivity contribution is 0.311. The Kier molecular flexibility index (Phi) is 4.34. The summed E-state index contributed by atoms with van der Waals surface area (Å²) in [4.78, 5) is 11.7. The summed E-state index contributed by atoms with van der Waals surface area (Å²) in [5, 5.41) is 3.25. The van der Waals surface area contributed by atoms with E-state index in [1.54, 1.807) is 11.3 Å². The van der Waals surface area contributed by atoms with Crippen LogP contribution in [0.2, 0.25) is 0 Å². The maximum atomic E-state index is 4.87. The quantitative estimate of drug-likeness (QED) is 0.536. The SMILES string of the molecule is Cc1nc(CN(C)Cc2c(-c3ccccc3)nc3ccccn23)cs1. The fourth-order valence-corrected chi connectivity index (χ4v) is 3.70. The molecule has 3 heterocycles. The first-order valence-electron chi connectivity index (χ1n) is 8.31. The van der Waals surface area contributed by atoms with Gasteiger partial charge in [-0.2, -0.15) is 0 Å². The first-order valence-corrected chi connectivity index (χ1v) is 9.19. The van der Waals surface area contributed by atoms with E-state index >= 15 is 0 Å². The molecule has 0 saturated carbocycles. The number of hydrogen-bond donors (Lipinski definition) is 0. The third-order valence-electron chi connectivity index (χ3n) is 4.19. The number of imidazole rings is 1. The van der Waals surface area contributed by atoms with Crippen LogP contribution in [0.25, 0.3) is 16.9 Å². The van der Waals surface area contributed by atoms with Gasteiger partial charge >= 0.3 is 0 Å². The van der Waals surface area contributed by atoms with Crippen molar-refractivity contribution >= 4 is 17.0 Å². The van der Waals surface area contributed by atoms with E-state index in [4.69, 9.17) is 4.98 Å². The predicted molar refractivity (Wildman–Crippen MR) is 103 cm³/mol. The third-order valence-corrected chi connectivity index (χ3v) is 5.02. The molecule has 3 aromatic heterocycles. The summed E-state index contributed by atoms with van der Waals surface area (Å²) in [6, 6.07) is 16.5. The zero-order valence-electron chi connectivity index (χ0n) is 14.4. The number of nitrogens with zero attached hydrogens (tertiary/aromatic N) is 4. The van der Waals surface area contributed by atoms with Gasteiger partial charge in [0.25, 0.3) is 0 Å². The van der Waals surface area contributed by atoms with Crippen LogP contribution < -0.4 is 0 Å². The highest BCUT2D eigenvalue weighted by Gasteiger charge is 2.16. The minimum atomic E-state index is 0.811. The average molecular weight is 348 g/mol. The fourth-order valence-electron chi connectivity index (χ4n) is 3.09. The Labute approximate surface area is 151 Å². The van der Waals surface area contributed by atoms with Crippen molar-refractivity contribution in [1.29, 1.82) is 0 Å². The Morgan fingerprint density at radius 1 is 1.00 bits per heavy atom. The van der Waals surface area contributed by atoms with Gasteiger partial charge in [-0.25, -0.2) is 9.97 Å². The molecule has 0 N–H and O–H groups in total. The number of thiazole rings is 1. The van der Waals surface area contributed by atoms with Gasteiger partial charge in [0.15, 0.2) is 0 Å². The van der Waals surface area contributed by atoms with Crippen LogP contribution in [0.5, 0.6) is 0 Å². The van der Waals surface area contributed by atoms with Crippen molar-refractivity contribution in [3.05, 3.63) is 76.5 Å². The smallest absolute Gasteiger partial charge is 0.137 e. The minimum absolute atomic E-state index is 0.811. The number of fused-ring (bicyclic) bond motifs is 1.